The lowest BCUT2D eigenvalue weighted by molar-refractivity contribution is -0.384. The van der Waals surface area contributed by atoms with Crippen molar-refractivity contribution in [3.8, 4) is 11.4 Å². The summed E-state index contributed by atoms with van der Waals surface area (Å²) in [6.07, 6.45) is 0. The van der Waals surface area contributed by atoms with E-state index >= 15 is 0 Å². The zero-order chi connectivity index (χ0) is 21.7. The van der Waals surface area contributed by atoms with Gasteiger partial charge in [-0.1, -0.05) is 34.1 Å². The van der Waals surface area contributed by atoms with Gasteiger partial charge in [-0.05, 0) is 30.7 Å². The average molecular weight is 474 g/mol. The zero-order valence-electron chi connectivity index (χ0n) is 15.8. The fourth-order valence-electron chi connectivity index (χ4n) is 2.60. The molecule has 9 nitrogen and oxygen atoms in total. The van der Waals surface area contributed by atoms with Crippen molar-refractivity contribution < 1.29 is 19.2 Å². The number of nitro benzene ring substituents is 1. The van der Waals surface area contributed by atoms with Crippen molar-refractivity contribution in [2.24, 2.45) is 0 Å². The summed E-state index contributed by atoms with van der Waals surface area (Å²) in [7, 11) is 0. The SMILES string of the molecule is CCOC(=O)c1nn(-c2cccc(Br)c2)c(=O)cc1OCc1cccc([N+](=O)[O-])c1. The first-order valence-electron chi connectivity index (χ1n) is 8.82. The molecule has 0 spiro atoms. The second-order valence-corrected chi connectivity index (χ2v) is 6.94. The van der Waals surface area contributed by atoms with Gasteiger partial charge in [-0.25, -0.2) is 4.79 Å². The predicted octanol–water partition coefficient (Wildman–Crippen LogP) is 3.66. The lowest BCUT2D eigenvalue weighted by Gasteiger charge is -2.13. The summed E-state index contributed by atoms with van der Waals surface area (Å²) in [6.45, 7) is 1.66. The van der Waals surface area contributed by atoms with E-state index < -0.39 is 16.5 Å². The van der Waals surface area contributed by atoms with Gasteiger partial charge in [-0.2, -0.15) is 9.78 Å². The molecule has 1 heterocycles. The van der Waals surface area contributed by atoms with Gasteiger partial charge in [0.1, 0.15) is 6.61 Å². The van der Waals surface area contributed by atoms with Gasteiger partial charge in [0.15, 0.2) is 5.75 Å². The molecule has 2 aromatic carbocycles. The molecule has 0 aliphatic carbocycles. The summed E-state index contributed by atoms with van der Waals surface area (Å²) in [4.78, 5) is 35.4. The molecule has 0 bridgehead atoms. The fourth-order valence-corrected chi connectivity index (χ4v) is 2.99. The largest absolute Gasteiger partial charge is 0.486 e. The molecule has 0 N–H and O–H groups in total. The lowest BCUT2D eigenvalue weighted by atomic mass is 10.2. The Morgan fingerprint density at radius 3 is 2.67 bits per heavy atom. The number of esters is 1. The number of nitro groups is 1. The standard InChI is InChI=1S/C20H16BrN3O6/c1-2-29-20(26)19-17(30-12-13-5-3-8-16(9-13)24(27)28)11-18(25)23(22-19)15-7-4-6-14(21)10-15/h3-11H,2,12H2,1H3. The first-order valence-corrected chi connectivity index (χ1v) is 9.62. The van der Waals surface area contributed by atoms with Crippen LogP contribution in [-0.2, 0) is 11.3 Å². The van der Waals surface area contributed by atoms with Crippen molar-refractivity contribution in [2.75, 3.05) is 6.61 Å². The Morgan fingerprint density at radius 1 is 1.20 bits per heavy atom. The van der Waals surface area contributed by atoms with Crippen LogP contribution in [0.3, 0.4) is 0 Å². The van der Waals surface area contributed by atoms with Gasteiger partial charge in [0.05, 0.1) is 23.3 Å². The van der Waals surface area contributed by atoms with Crippen LogP contribution >= 0.6 is 15.9 Å². The Balaban J connectivity index is 1.98. The first kappa shape index (κ1) is 21.2. The molecule has 1 aromatic heterocycles. The van der Waals surface area contributed by atoms with Gasteiger partial charge in [0, 0.05) is 16.6 Å². The van der Waals surface area contributed by atoms with Crippen LogP contribution in [-0.4, -0.2) is 27.3 Å². The molecule has 0 fully saturated rings. The normalized spacial score (nSPS) is 10.5. The van der Waals surface area contributed by atoms with Crippen LogP contribution in [0, 0.1) is 10.1 Å². The highest BCUT2D eigenvalue weighted by atomic mass is 79.9. The van der Waals surface area contributed by atoms with Crippen LogP contribution in [0.4, 0.5) is 5.69 Å². The Labute approximate surface area is 179 Å². The summed E-state index contributed by atoms with van der Waals surface area (Å²) in [6, 6.07) is 13.8. The molecule has 0 amide bonds. The number of nitrogens with zero attached hydrogens (tertiary/aromatic N) is 3. The third-order valence-corrected chi connectivity index (χ3v) is 4.43. The summed E-state index contributed by atoms with van der Waals surface area (Å²) in [5.41, 5.74) is 0.155. The van der Waals surface area contributed by atoms with Crippen LogP contribution < -0.4 is 10.3 Å². The Bertz CT molecular complexity index is 1160. The predicted molar refractivity (Wildman–Crippen MR) is 111 cm³/mol. The van der Waals surface area contributed by atoms with Gasteiger partial charge in [-0.15, -0.1) is 0 Å². The quantitative estimate of drug-likeness (QED) is 0.292. The number of ether oxygens (including phenoxy) is 2. The molecular formula is C20H16BrN3O6. The van der Waals surface area contributed by atoms with Crippen LogP contribution in [0.1, 0.15) is 23.0 Å². The number of carbonyl (C=O) groups is 1. The molecule has 0 atom stereocenters. The van der Waals surface area contributed by atoms with Crippen molar-refractivity contribution in [1.82, 2.24) is 9.78 Å². The van der Waals surface area contributed by atoms with E-state index in [2.05, 4.69) is 21.0 Å². The van der Waals surface area contributed by atoms with E-state index in [0.29, 0.717) is 11.3 Å². The van der Waals surface area contributed by atoms with E-state index in [4.69, 9.17) is 9.47 Å². The first-order chi connectivity index (χ1) is 14.4. The molecule has 0 aliphatic rings. The minimum atomic E-state index is -0.754. The average Bonchev–Trinajstić information content (AvgIpc) is 2.72. The summed E-state index contributed by atoms with van der Waals surface area (Å²) >= 11 is 3.33. The number of non-ortho nitro benzene ring substituents is 1. The topological polar surface area (TPSA) is 114 Å². The van der Waals surface area contributed by atoms with Crippen LogP contribution in [0.25, 0.3) is 5.69 Å². The summed E-state index contributed by atoms with van der Waals surface area (Å²) < 4.78 is 12.4. The van der Waals surface area contributed by atoms with Gasteiger partial charge < -0.3 is 9.47 Å². The number of halogens is 1. The van der Waals surface area contributed by atoms with E-state index in [-0.39, 0.29) is 30.3 Å². The van der Waals surface area contributed by atoms with Gasteiger partial charge >= 0.3 is 5.97 Å². The molecular weight excluding hydrogens is 458 g/mol. The molecule has 0 aliphatic heterocycles. The van der Waals surface area contributed by atoms with Crippen molar-refractivity contribution in [1.29, 1.82) is 0 Å². The molecule has 0 unspecified atom stereocenters. The number of benzene rings is 2. The Morgan fingerprint density at radius 2 is 1.97 bits per heavy atom. The van der Waals surface area contributed by atoms with Gasteiger partial charge in [0.2, 0.25) is 5.69 Å². The van der Waals surface area contributed by atoms with E-state index in [0.717, 1.165) is 15.2 Å². The van der Waals surface area contributed by atoms with E-state index in [1.54, 1.807) is 37.3 Å². The number of hydrogen-bond donors (Lipinski definition) is 0. The van der Waals surface area contributed by atoms with E-state index in [1.807, 2.05) is 0 Å². The molecule has 0 radical (unpaired) electrons. The van der Waals surface area contributed by atoms with Crippen molar-refractivity contribution >= 4 is 27.6 Å². The molecule has 3 rings (SSSR count). The highest BCUT2D eigenvalue weighted by Gasteiger charge is 2.20. The maximum atomic E-state index is 12.6. The molecule has 0 saturated heterocycles. The molecule has 154 valence electrons. The minimum absolute atomic E-state index is 0.0730. The molecule has 10 heteroatoms. The van der Waals surface area contributed by atoms with Crippen LogP contribution in [0.15, 0.2) is 63.9 Å². The van der Waals surface area contributed by atoms with Gasteiger partial charge in [-0.3, -0.25) is 14.9 Å². The fraction of sp³-hybridized carbons (Fsp3) is 0.150. The lowest BCUT2D eigenvalue weighted by Crippen LogP contribution is -2.25. The smallest absolute Gasteiger partial charge is 0.362 e. The minimum Gasteiger partial charge on any atom is -0.486 e. The Kier molecular flexibility index (Phi) is 6.58. The highest BCUT2D eigenvalue weighted by molar-refractivity contribution is 9.10. The van der Waals surface area contributed by atoms with Crippen LogP contribution in [0.5, 0.6) is 5.75 Å². The number of aromatic nitrogens is 2. The van der Waals surface area contributed by atoms with Crippen molar-refractivity contribution in [3.05, 3.63) is 90.8 Å². The summed E-state index contributed by atoms with van der Waals surface area (Å²) in [5, 5.41) is 15.1. The number of hydrogen-bond acceptors (Lipinski definition) is 7. The third kappa shape index (κ3) is 4.90. The summed E-state index contributed by atoms with van der Waals surface area (Å²) in [5.74, 6) is -0.827. The second-order valence-electron chi connectivity index (χ2n) is 6.02. The zero-order valence-corrected chi connectivity index (χ0v) is 17.4. The van der Waals surface area contributed by atoms with E-state index in [1.165, 1.54) is 18.2 Å². The van der Waals surface area contributed by atoms with Crippen LogP contribution in [0.2, 0.25) is 0 Å². The maximum absolute atomic E-state index is 12.6. The number of carbonyl (C=O) groups excluding carboxylic acids is 1. The number of rotatable bonds is 7. The molecule has 3 aromatic rings. The van der Waals surface area contributed by atoms with Gasteiger partial charge in [0.25, 0.3) is 11.2 Å². The monoisotopic (exact) mass is 473 g/mol. The second kappa shape index (κ2) is 9.31. The van der Waals surface area contributed by atoms with E-state index in [9.17, 15) is 19.7 Å². The maximum Gasteiger partial charge on any atom is 0.362 e. The molecule has 30 heavy (non-hydrogen) atoms. The molecule has 0 saturated carbocycles. The Hall–Kier alpha value is -3.53. The van der Waals surface area contributed by atoms with Crippen molar-refractivity contribution in [2.45, 2.75) is 13.5 Å². The third-order valence-electron chi connectivity index (χ3n) is 3.93. The van der Waals surface area contributed by atoms with Crippen molar-refractivity contribution in [3.63, 3.8) is 0 Å². The highest BCUT2D eigenvalue weighted by Crippen LogP contribution is 2.20.